The summed E-state index contributed by atoms with van der Waals surface area (Å²) in [5.74, 6) is -1.71. The van der Waals surface area contributed by atoms with E-state index < -0.39 is 29.6 Å². The van der Waals surface area contributed by atoms with Gasteiger partial charge in [0.1, 0.15) is 11.6 Å². The summed E-state index contributed by atoms with van der Waals surface area (Å²) in [7, 11) is 0. The van der Waals surface area contributed by atoms with Crippen LogP contribution in [0.4, 0.5) is 0 Å². The van der Waals surface area contributed by atoms with Gasteiger partial charge in [0.05, 0.1) is 17.9 Å². The molecule has 174 valence electrons. The SMILES string of the molecule is O=C(NC1CC1)[C@H]1[C@H]2C(=O)N(Cc3ccccc3)[C@@H](C(=O)NC3CCCCC3)[C@@]23C=C[C@H]1O3. The largest absolute Gasteiger partial charge is 0.359 e. The summed E-state index contributed by atoms with van der Waals surface area (Å²) in [6.45, 7) is 0.319. The minimum atomic E-state index is -1.08. The second-order valence-corrected chi connectivity index (χ2v) is 10.3. The lowest BCUT2D eigenvalue weighted by Crippen LogP contribution is -2.56. The number of nitrogens with one attached hydrogen (secondary N) is 2. The van der Waals surface area contributed by atoms with Crippen LogP contribution in [0.5, 0.6) is 0 Å². The first-order valence-corrected chi connectivity index (χ1v) is 12.4. The van der Waals surface area contributed by atoms with Crippen molar-refractivity contribution in [3.05, 3.63) is 48.0 Å². The predicted octanol–water partition coefficient (Wildman–Crippen LogP) is 2.06. The summed E-state index contributed by atoms with van der Waals surface area (Å²) in [4.78, 5) is 42.4. The Balaban J connectivity index is 1.33. The highest BCUT2D eigenvalue weighted by Crippen LogP contribution is 2.55. The van der Waals surface area contributed by atoms with Crippen molar-refractivity contribution in [2.24, 2.45) is 11.8 Å². The third kappa shape index (κ3) is 3.48. The molecule has 2 bridgehead atoms. The average molecular weight is 450 g/mol. The van der Waals surface area contributed by atoms with E-state index in [2.05, 4.69) is 10.6 Å². The number of rotatable bonds is 6. The van der Waals surface area contributed by atoms with Gasteiger partial charge in [-0.3, -0.25) is 14.4 Å². The number of likely N-dealkylation sites (tertiary alicyclic amines) is 1. The molecular formula is C26H31N3O4. The molecule has 2 saturated carbocycles. The van der Waals surface area contributed by atoms with E-state index in [9.17, 15) is 14.4 Å². The maximum absolute atomic E-state index is 13.9. The molecule has 5 atom stereocenters. The summed E-state index contributed by atoms with van der Waals surface area (Å²) in [5.41, 5.74) is -0.129. The smallest absolute Gasteiger partial charge is 0.246 e. The van der Waals surface area contributed by atoms with Crippen LogP contribution in [0.25, 0.3) is 0 Å². The number of carbonyl (C=O) groups is 3. The molecule has 1 aromatic rings. The first kappa shape index (κ1) is 20.9. The number of carbonyl (C=O) groups excluding carboxylic acids is 3. The van der Waals surface area contributed by atoms with Crippen molar-refractivity contribution in [3.8, 4) is 0 Å². The molecule has 4 fully saturated rings. The van der Waals surface area contributed by atoms with Crippen LogP contribution in [0.15, 0.2) is 42.5 Å². The second kappa shape index (κ2) is 7.97. The molecule has 1 aromatic carbocycles. The Morgan fingerprint density at radius 2 is 1.67 bits per heavy atom. The van der Waals surface area contributed by atoms with Gasteiger partial charge < -0.3 is 20.3 Å². The van der Waals surface area contributed by atoms with E-state index >= 15 is 0 Å². The van der Waals surface area contributed by atoms with Crippen molar-refractivity contribution in [2.45, 2.75) is 81.3 Å². The summed E-state index contributed by atoms with van der Waals surface area (Å²) in [6, 6.07) is 9.27. The zero-order chi connectivity index (χ0) is 22.6. The Morgan fingerprint density at radius 1 is 0.970 bits per heavy atom. The second-order valence-electron chi connectivity index (χ2n) is 10.3. The third-order valence-electron chi connectivity index (χ3n) is 8.00. The standard InChI is InChI=1S/C26H31N3O4/c30-23(27-18-11-12-18)20-19-13-14-26(33-19)21(20)25(32)29(15-16-7-3-1-4-8-16)22(26)24(31)28-17-9-5-2-6-10-17/h1,3-4,7-8,13-14,17-22H,2,5-6,9-12,15H2,(H,27,30)(H,28,31)/t19-,20-,21+,22+,26-/m1/s1. The number of hydrogen-bond acceptors (Lipinski definition) is 4. The fourth-order valence-corrected chi connectivity index (χ4v) is 6.27. The van der Waals surface area contributed by atoms with E-state index in [0.29, 0.717) is 6.54 Å². The number of amides is 3. The van der Waals surface area contributed by atoms with Crippen LogP contribution in [0, 0.1) is 11.8 Å². The molecule has 5 aliphatic rings. The molecule has 3 heterocycles. The Bertz CT molecular complexity index is 985. The van der Waals surface area contributed by atoms with Gasteiger partial charge in [0.2, 0.25) is 17.7 Å². The van der Waals surface area contributed by atoms with Crippen LogP contribution in [0.2, 0.25) is 0 Å². The topological polar surface area (TPSA) is 87.7 Å². The molecule has 1 spiro atoms. The minimum absolute atomic E-state index is 0.125. The molecule has 2 saturated heterocycles. The molecule has 2 aliphatic carbocycles. The van der Waals surface area contributed by atoms with Gasteiger partial charge in [0.25, 0.3) is 0 Å². The molecule has 2 N–H and O–H groups in total. The molecule has 0 aromatic heterocycles. The zero-order valence-corrected chi connectivity index (χ0v) is 18.7. The van der Waals surface area contributed by atoms with E-state index in [1.807, 2.05) is 42.5 Å². The molecule has 0 radical (unpaired) electrons. The zero-order valence-electron chi connectivity index (χ0n) is 18.7. The van der Waals surface area contributed by atoms with Gasteiger partial charge in [-0.15, -0.1) is 0 Å². The van der Waals surface area contributed by atoms with E-state index in [1.54, 1.807) is 4.90 Å². The summed E-state index contributed by atoms with van der Waals surface area (Å²) in [5, 5.41) is 6.29. The van der Waals surface area contributed by atoms with E-state index in [-0.39, 0.29) is 29.8 Å². The van der Waals surface area contributed by atoms with Crippen molar-refractivity contribution < 1.29 is 19.1 Å². The fourth-order valence-electron chi connectivity index (χ4n) is 6.27. The summed E-state index contributed by atoms with van der Waals surface area (Å²) < 4.78 is 6.39. The number of benzene rings is 1. The highest BCUT2D eigenvalue weighted by molar-refractivity contribution is 6.00. The Labute approximate surface area is 193 Å². The lowest BCUT2D eigenvalue weighted by Gasteiger charge is -2.34. The Hall–Kier alpha value is -2.67. The monoisotopic (exact) mass is 449 g/mol. The molecule has 7 nitrogen and oxygen atoms in total. The molecule has 0 unspecified atom stereocenters. The summed E-state index contributed by atoms with van der Waals surface area (Å²) in [6.07, 6.45) is 10.6. The highest BCUT2D eigenvalue weighted by atomic mass is 16.5. The van der Waals surface area contributed by atoms with Crippen LogP contribution >= 0.6 is 0 Å². The van der Waals surface area contributed by atoms with Crippen LogP contribution in [-0.4, -0.2) is 52.5 Å². The van der Waals surface area contributed by atoms with Gasteiger partial charge >= 0.3 is 0 Å². The average Bonchev–Trinajstić information content (AvgIpc) is 3.37. The fraction of sp³-hybridized carbons (Fsp3) is 0.577. The minimum Gasteiger partial charge on any atom is -0.359 e. The molecule has 3 aliphatic heterocycles. The van der Waals surface area contributed by atoms with Crippen molar-refractivity contribution >= 4 is 17.7 Å². The highest BCUT2D eigenvalue weighted by Gasteiger charge is 2.72. The van der Waals surface area contributed by atoms with Crippen LogP contribution in [-0.2, 0) is 25.7 Å². The quantitative estimate of drug-likeness (QED) is 0.651. The number of fused-ring (bicyclic) bond motifs is 1. The van der Waals surface area contributed by atoms with Gasteiger partial charge in [0, 0.05) is 18.6 Å². The summed E-state index contributed by atoms with van der Waals surface area (Å²) >= 11 is 0. The normalized spacial score (nSPS) is 35.0. The van der Waals surface area contributed by atoms with Gasteiger partial charge in [-0.05, 0) is 31.2 Å². The van der Waals surface area contributed by atoms with Crippen molar-refractivity contribution in [1.82, 2.24) is 15.5 Å². The lowest BCUT2D eigenvalue weighted by atomic mass is 9.74. The number of ether oxygens (including phenoxy) is 1. The lowest BCUT2D eigenvalue weighted by molar-refractivity contribution is -0.142. The first-order chi connectivity index (χ1) is 16.1. The van der Waals surface area contributed by atoms with E-state index in [0.717, 1.165) is 44.1 Å². The van der Waals surface area contributed by atoms with Crippen LogP contribution in [0.3, 0.4) is 0 Å². The number of hydrogen-bond donors (Lipinski definition) is 2. The first-order valence-electron chi connectivity index (χ1n) is 12.4. The van der Waals surface area contributed by atoms with Crippen molar-refractivity contribution in [3.63, 3.8) is 0 Å². The van der Waals surface area contributed by atoms with Gasteiger partial charge in [-0.1, -0.05) is 61.7 Å². The Morgan fingerprint density at radius 3 is 2.39 bits per heavy atom. The maximum Gasteiger partial charge on any atom is 0.246 e. The Kier molecular flexibility index (Phi) is 5.05. The van der Waals surface area contributed by atoms with Crippen molar-refractivity contribution in [1.29, 1.82) is 0 Å². The van der Waals surface area contributed by atoms with Gasteiger partial charge in [-0.25, -0.2) is 0 Å². The van der Waals surface area contributed by atoms with E-state index in [4.69, 9.17) is 4.74 Å². The van der Waals surface area contributed by atoms with Crippen LogP contribution < -0.4 is 10.6 Å². The maximum atomic E-state index is 13.9. The van der Waals surface area contributed by atoms with Gasteiger partial charge in [-0.2, -0.15) is 0 Å². The molecule has 6 rings (SSSR count). The molecular weight excluding hydrogens is 418 g/mol. The van der Waals surface area contributed by atoms with Crippen LogP contribution in [0.1, 0.15) is 50.5 Å². The van der Waals surface area contributed by atoms with Crippen molar-refractivity contribution in [2.75, 3.05) is 0 Å². The molecule has 7 heteroatoms. The third-order valence-corrected chi connectivity index (χ3v) is 8.00. The predicted molar refractivity (Wildman–Crippen MR) is 121 cm³/mol. The molecule has 33 heavy (non-hydrogen) atoms. The molecule has 3 amide bonds. The van der Waals surface area contributed by atoms with E-state index in [1.165, 1.54) is 6.42 Å². The number of nitrogens with zero attached hydrogens (tertiary/aromatic N) is 1. The van der Waals surface area contributed by atoms with Gasteiger partial charge in [0.15, 0.2) is 0 Å².